The third-order valence-corrected chi connectivity index (χ3v) is 3.10. The van der Waals surface area contributed by atoms with Crippen LogP contribution in [-0.4, -0.2) is 21.6 Å². The molecule has 1 aromatic carbocycles. The van der Waals surface area contributed by atoms with Crippen molar-refractivity contribution in [3.05, 3.63) is 33.0 Å². The highest BCUT2D eigenvalue weighted by Crippen LogP contribution is 2.28. The van der Waals surface area contributed by atoms with Crippen LogP contribution in [0.4, 0.5) is 11.6 Å². The van der Waals surface area contributed by atoms with Gasteiger partial charge in [-0.3, -0.25) is 0 Å². The van der Waals surface area contributed by atoms with E-state index in [9.17, 15) is 0 Å². The van der Waals surface area contributed by atoms with Gasteiger partial charge in [0.2, 0.25) is 11.2 Å². The van der Waals surface area contributed by atoms with Gasteiger partial charge in [-0.25, -0.2) is 0 Å². The number of halogens is 3. The Kier molecular flexibility index (Phi) is 4.79. The molecule has 1 heterocycles. The lowest BCUT2D eigenvalue weighted by molar-refractivity contribution is 0.312. The highest BCUT2D eigenvalue weighted by Gasteiger charge is 2.08. The molecule has 0 spiro atoms. The third-order valence-electron chi connectivity index (χ3n) is 2.04. The highest BCUT2D eigenvalue weighted by atomic mass is 79.9. The Morgan fingerprint density at radius 1 is 1.26 bits per heavy atom. The molecule has 0 saturated heterocycles. The summed E-state index contributed by atoms with van der Waals surface area (Å²) in [4.78, 5) is 11.9. The minimum absolute atomic E-state index is 0.0611. The van der Waals surface area contributed by atoms with Crippen LogP contribution in [-0.2, 0) is 0 Å². The largest absolute Gasteiger partial charge is 0.464 e. The highest BCUT2D eigenvalue weighted by molar-refractivity contribution is 9.10. The molecule has 0 saturated carbocycles. The van der Waals surface area contributed by atoms with E-state index in [1.54, 1.807) is 18.2 Å². The van der Waals surface area contributed by atoms with Gasteiger partial charge in [-0.15, -0.1) is 0 Å². The van der Waals surface area contributed by atoms with Crippen molar-refractivity contribution >= 4 is 50.8 Å². The second kappa shape index (κ2) is 6.36. The molecule has 0 aliphatic carbocycles. The minimum Gasteiger partial charge on any atom is -0.464 e. The van der Waals surface area contributed by atoms with Gasteiger partial charge in [0.25, 0.3) is 0 Å². The second-order valence-electron chi connectivity index (χ2n) is 3.39. The Morgan fingerprint density at radius 2 is 2.05 bits per heavy atom. The van der Waals surface area contributed by atoms with E-state index in [1.807, 2.05) is 6.92 Å². The number of nitrogens with zero attached hydrogens (tertiary/aromatic N) is 3. The van der Waals surface area contributed by atoms with Crippen LogP contribution in [0.2, 0.25) is 10.3 Å². The fourth-order valence-corrected chi connectivity index (χ4v) is 2.23. The zero-order chi connectivity index (χ0) is 13.8. The predicted molar refractivity (Wildman–Crippen MR) is 78.4 cm³/mol. The Balaban J connectivity index is 2.27. The van der Waals surface area contributed by atoms with Crippen LogP contribution in [0.1, 0.15) is 6.92 Å². The Bertz CT molecular complexity index is 597. The molecule has 2 rings (SSSR count). The summed E-state index contributed by atoms with van der Waals surface area (Å²) < 4.78 is 5.98. The smallest absolute Gasteiger partial charge is 0.322 e. The summed E-state index contributed by atoms with van der Waals surface area (Å²) in [6.45, 7) is 2.28. The summed E-state index contributed by atoms with van der Waals surface area (Å²) >= 11 is 15.1. The zero-order valence-corrected chi connectivity index (χ0v) is 12.9. The third kappa shape index (κ3) is 3.92. The maximum atomic E-state index is 5.87. The van der Waals surface area contributed by atoms with Gasteiger partial charge in [0.05, 0.1) is 12.3 Å². The number of anilines is 2. The van der Waals surface area contributed by atoms with Crippen molar-refractivity contribution < 1.29 is 4.74 Å². The number of rotatable bonds is 4. The van der Waals surface area contributed by atoms with Crippen LogP contribution in [0.25, 0.3) is 0 Å². The molecule has 19 heavy (non-hydrogen) atoms. The molecule has 1 aromatic heterocycles. The van der Waals surface area contributed by atoms with Gasteiger partial charge in [-0.1, -0.05) is 11.6 Å². The van der Waals surface area contributed by atoms with E-state index >= 15 is 0 Å². The number of hydrogen-bond acceptors (Lipinski definition) is 5. The predicted octanol–water partition coefficient (Wildman–Crippen LogP) is 4.08. The average Bonchev–Trinajstić information content (AvgIpc) is 2.32. The molecular weight excluding hydrogens is 355 g/mol. The molecule has 100 valence electrons. The van der Waals surface area contributed by atoms with E-state index in [4.69, 9.17) is 27.9 Å². The molecule has 0 fully saturated rings. The normalized spacial score (nSPS) is 10.3. The first kappa shape index (κ1) is 14.3. The van der Waals surface area contributed by atoms with Crippen molar-refractivity contribution in [3.8, 4) is 6.01 Å². The fourth-order valence-electron chi connectivity index (χ4n) is 1.29. The number of nitrogens with one attached hydrogen (secondary N) is 1. The van der Waals surface area contributed by atoms with Gasteiger partial charge in [-0.2, -0.15) is 15.0 Å². The first-order chi connectivity index (χ1) is 9.08. The molecule has 5 nitrogen and oxygen atoms in total. The Labute approximate surface area is 128 Å². The van der Waals surface area contributed by atoms with Crippen molar-refractivity contribution in [3.63, 3.8) is 0 Å². The number of hydrogen-bond donors (Lipinski definition) is 1. The van der Waals surface area contributed by atoms with Gasteiger partial charge in [0, 0.05) is 9.50 Å². The van der Waals surface area contributed by atoms with E-state index < -0.39 is 0 Å². The number of benzene rings is 1. The summed E-state index contributed by atoms with van der Waals surface area (Å²) in [5, 5.41) is 3.69. The fraction of sp³-hybridized carbons (Fsp3) is 0.182. The molecular formula is C11H9BrCl2N4O. The number of aromatic nitrogens is 3. The van der Waals surface area contributed by atoms with E-state index in [0.717, 1.165) is 10.2 Å². The average molecular weight is 364 g/mol. The van der Waals surface area contributed by atoms with Gasteiger partial charge < -0.3 is 10.1 Å². The molecule has 0 unspecified atom stereocenters. The molecule has 0 atom stereocenters. The van der Waals surface area contributed by atoms with Crippen LogP contribution < -0.4 is 10.1 Å². The van der Waals surface area contributed by atoms with Crippen molar-refractivity contribution in [2.24, 2.45) is 0 Å². The molecule has 0 amide bonds. The lowest BCUT2D eigenvalue weighted by atomic mass is 10.3. The molecule has 1 N–H and O–H groups in total. The summed E-state index contributed by atoms with van der Waals surface area (Å²) in [6.07, 6.45) is 0. The lowest BCUT2D eigenvalue weighted by Crippen LogP contribution is -2.04. The lowest BCUT2D eigenvalue weighted by Gasteiger charge is -2.08. The minimum atomic E-state index is 0.0611. The maximum Gasteiger partial charge on any atom is 0.322 e. The van der Waals surface area contributed by atoms with E-state index in [0.29, 0.717) is 17.6 Å². The molecule has 0 radical (unpaired) electrons. The van der Waals surface area contributed by atoms with Gasteiger partial charge in [0.15, 0.2) is 0 Å². The first-order valence-electron chi connectivity index (χ1n) is 5.35. The van der Waals surface area contributed by atoms with Crippen LogP contribution in [0.5, 0.6) is 6.01 Å². The van der Waals surface area contributed by atoms with Crippen LogP contribution >= 0.6 is 39.1 Å². The van der Waals surface area contributed by atoms with Crippen molar-refractivity contribution in [1.82, 2.24) is 15.0 Å². The Morgan fingerprint density at radius 3 is 2.74 bits per heavy atom. The topological polar surface area (TPSA) is 59.9 Å². The standard InChI is InChI=1S/C11H9BrCl2N4O/c1-2-19-11-17-9(14)16-10(18-11)15-8-4-3-6(13)5-7(8)12/h3-5H,2H2,1H3,(H,15,16,17,18). The van der Waals surface area contributed by atoms with Gasteiger partial charge >= 0.3 is 6.01 Å². The van der Waals surface area contributed by atoms with Crippen LogP contribution in [0.15, 0.2) is 22.7 Å². The van der Waals surface area contributed by atoms with Gasteiger partial charge in [0.1, 0.15) is 0 Å². The van der Waals surface area contributed by atoms with Crippen LogP contribution in [0, 0.1) is 0 Å². The zero-order valence-electron chi connectivity index (χ0n) is 9.82. The van der Waals surface area contributed by atoms with Crippen molar-refractivity contribution in [2.75, 3.05) is 11.9 Å². The summed E-state index contributed by atoms with van der Waals surface area (Å²) in [6, 6.07) is 5.48. The van der Waals surface area contributed by atoms with E-state index in [2.05, 4.69) is 36.2 Å². The second-order valence-corrected chi connectivity index (χ2v) is 5.02. The SMILES string of the molecule is CCOc1nc(Cl)nc(Nc2ccc(Cl)cc2Br)n1. The molecule has 8 heteroatoms. The Hall–Kier alpha value is -1.11. The first-order valence-corrected chi connectivity index (χ1v) is 6.90. The number of ether oxygens (including phenoxy) is 1. The maximum absolute atomic E-state index is 5.87. The van der Waals surface area contributed by atoms with Crippen molar-refractivity contribution in [1.29, 1.82) is 0 Å². The van der Waals surface area contributed by atoms with Gasteiger partial charge in [-0.05, 0) is 52.7 Å². The molecule has 0 bridgehead atoms. The summed E-state index contributed by atoms with van der Waals surface area (Å²) in [7, 11) is 0. The van der Waals surface area contributed by atoms with Crippen LogP contribution in [0.3, 0.4) is 0 Å². The molecule has 2 aromatic rings. The summed E-state index contributed by atoms with van der Waals surface area (Å²) in [5.41, 5.74) is 0.758. The molecule has 0 aliphatic rings. The monoisotopic (exact) mass is 362 g/mol. The quantitative estimate of drug-likeness (QED) is 0.886. The molecule has 0 aliphatic heterocycles. The van der Waals surface area contributed by atoms with Crippen molar-refractivity contribution in [2.45, 2.75) is 6.92 Å². The van der Waals surface area contributed by atoms with E-state index in [-0.39, 0.29) is 11.3 Å². The van der Waals surface area contributed by atoms with E-state index in [1.165, 1.54) is 0 Å². The summed E-state index contributed by atoms with van der Waals surface area (Å²) in [5.74, 6) is 0.298.